The number of fused-ring (bicyclic) bond motifs is 1. The van der Waals surface area contributed by atoms with Crippen LogP contribution >= 0.6 is 15.9 Å². The highest BCUT2D eigenvalue weighted by molar-refractivity contribution is 9.10. The third-order valence-electron chi connectivity index (χ3n) is 4.12. The van der Waals surface area contributed by atoms with Gasteiger partial charge in [0, 0.05) is 15.7 Å². The number of urea groups is 1. The fraction of sp³-hybridized carbons (Fsp3) is 0. The number of nitrogens with one attached hydrogen (secondary N) is 2. The lowest BCUT2D eigenvalue weighted by molar-refractivity contribution is 0.259. The van der Waals surface area contributed by atoms with Gasteiger partial charge in [0.25, 0.3) is 5.56 Å². The second-order valence-electron chi connectivity index (χ2n) is 6.03. The Morgan fingerprint density at radius 1 is 0.893 bits per heavy atom. The molecule has 1 heterocycles. The number of rotatable bonds is 3. The zero-order valence-corrected chi connectivity index (χ0v) is 16.2. The van der Waals surface area contributed by atoms with Crippen molar-refractivity contribution >= 4 is 38.6 Å². The van der Waals surface area contributed by atoms with Crippen LogP contribution in [0.2, 0.25) is 0 Å². The monoisotopic (exact) mass is 434 g/mol. The van der Waals surface area contributed by atoms with E-state index in [0.29, 0.717) is 28.0 Å². The molecule has 0 aliphatic rings. The van der Waals surface area contributed by atoms with E-state index in [4.69, 9.17) is 0 Å². The van der Waals surface area contributed by atoms with Crippen LogP contribution in [-0.2, 0) is 0 Å². The fourth-order valence-electron chi connectivity index (χ4n) is 2.81. The maximum Gasteiger partial charge on any atom is 0.338 e. The third-order valence-corrected chi connectivity index (χ3v) is 4.65. The summed E-state index contributed by atoms with van der Waals surface area (Å²) in [6.45, 7) is 0. The van der Waals surface area contributed by atoms with Gasteiger partial charge in [-0.15, -0.1) is 0 Å². The standard InChI is InChI=1S/C21H15BrN4O2/c22-15-10-12-16(13-11-15)23-21(28)25-26-19(14-6-2-1-3-7-14)24-18-9-5-4-8-17(18)20(26)27/h1-13H,(H2,23,25,28). The van der Waals surface area contributed by atoms with Gasteiger partial charge in [-0.1, -0.05) is 58.4 Å². The lowest BCUT2D eigenvalue weighted by Crippen LogP contribution is -2.37. The van der Waals surface area contributed by atoms with Gasteiger partial charge in [0.05, 0.1) is 10.9 Å². The van der Waals surface area contributed by atoms with Crippen LogP contribution in [0.5, 0.6) is 0 Å². The Bertz CT molecular complexity index is 1200. The van der Waals surface area contributed by atoms with Gasteiger partial charge >= 0.3 is 6.03 Å². The van der Waals surface area contributed by atoms with Crippen LogP contribution in [0, 0.1) is 0 Å². The molecular formula is C21H15BrN4O2. The number of nitrogens with zero attached hydrogens (tertiary/aromatic N) is 2. The van der Waals surface area contributed by atoms with Crippen molar-refractivity contribution in [1.29, 1.82) is 0 Å². The molecular weight excluding hydrogens is 420 g/mol. The van der Waals surface area contributed by atoms with E-state index < -0.39 is 6.03 Å². The van der Waals surface area contributed by atoms with Gasteiger partial charge in [0.2, 0.25) is 0 Å². The smallest absolute Gasteiger partial charge is 0.307 e. The number of hydrogen-bond donors (Lipinski definition) is 2. The Kier molecular flexibility index (Phi) is 4.90. The highest BCUT2D eigenvalue weighted by Gasteiger charge is 2.14. The minimum Gasteiger partial charge on any atom is -0.307 e. The molecule has 0 saturated heterocycles. The molecule has 6 nitrogen and oxygen atoms in total. The molecule has 0 spiro atoms. The summed E-state index contributed by atoms with van der Waals surface area (Å²) >= 11 is 3.35. The van der Waals surface area contributed by atoms with E-state index in [0.717, 1.165) is 4.47 Å². The Hall–Kier alpha value is -3.45. The maximum atomic E-state index is 13.0. The van der Waals surface area contributed by atoms with Gasteiger partial charge < -0.3 is 5.32 Å². The first kappa shape index (κ1) is 17.9. The van der Waals surface area contributed by atoms with Gasteiger partial charge in [-0.2, -0.15) is 4.68 Å². The Labute approximate surface area is 169 Å². The van der Waals surface area contributed by atoms with Crippen molar-refractivity contribution in [3.8, 4) is 11.4 Å². The molecule has 28 heavy (non-hydrogen) atoms. The Morgan fingerprint density at radius 2 is 1.57 bits per heavy atom. The highest BCUT2D eigenvalue weighted by Crippen LogP contribution is 2.18. The second-order valence-corrected chi connectivity index (χ2v) is 6.95. The average molecular weight is 435 g/mol. The first-order valence-electron chi connectivity index (χ1n) is 8.52. The van der Waals surface area contributed by atoms with Gasteiger partial charge in [-0.05, 0) is 36.4 Å². The van der Waals surface area contributed by atoms with Crippen LogP contribution in [-0.4, -0.2) is 15.7 Å². The SMILES string of the molecule is O=C(Nc1ccc(Br)cc1)Nn1c(-c2ccccc2)nc2ccccc2c1=O. The molecule has 4 aromatic rings. The molecule has 0 unspecified atom stereocenters. The molecule has 4 rings (SSSR count). The molecule has 0 fully saturated rings. The lowest BCUT2D eigenvalue weighted by Gasteiger charge is -2.15. The van der Waals surface area contributed by atoms with Crippen molar-refractivity contribution in [2.75, 3.05) is 10.7 Å². The van der Waals surface area contributed by atoms with Crippen LogP contribution < -0.4 is 16.3 Å². The largest absolute Gasteiger partial charge is 0.338 e. The van der Waals surface area contributed by atoms with Crippen LogP contribution in [0.25, 0.3) is 22.3 Å². The first-order chi connectivity index (χ1) is 13.6. The molecule has 0 radical (unpaired) electrons. The number of carbonyl (C=O) groups is 1. The third kappa shape index (κ3) is 3.65. The molecule has 1 aromatic heterocycles. The van der Waals surface area contributed by atoms with E-state index in [2.05, 4.69) is 31.7 Å². The number of halogens is 1. The topological polar surface area (TPSA) is 76.0 Å². The van der Waals surface area contributed by atoms with E-state index in [1.807, 2.05) is 48.5 Å². The zero-order chi connectivity index (χ0) is 19.5. The number of para-hydroxylation sites is 1. The van der Waals surface area contributed by atoms with Crippen LogP contribution in [0.1, 0.15) is 0 Å². The van der Waals surface area contributed by atoms with Crippen molar-refractivity contribution in [2.45, 2.75) is 0 Å². The molecule has 0 saturated carbocycles. The molecule has 7 heteroatoms. The predicted octanol–water partition coefficient (Wildman–Crippen LogP) is 4.60. The summed E-state index contributed by atoms with van der Waals surface area (Å²) in [5.74, 6) is 0.357. The normalized spacial score (nSPS) is 10.6. The number of aromatic nitrogens is 2. The molecule has 2 amide bonds. The highest BCUT2D eigenvalue weighted by atomic mass is 79.9. The summed E-state index contributed by atoms with van der Waals surface area (Å²) in [7, 11) is 0. The van der Waals surface area contributed by atoms with Crippen LogP contribution in [0.4, 0.5) is 10.5 Å². The van der Waals surface area contributed by atoms with Crippen LogP contribution in [0.3, 0.4) is 0 Å². The molecule has 3 aromatic carbocycles. The minimum absolute atomic E-state index is 0.351. The van der Waals surface area contributed by atoms with E-state index in [1.54, 1.807) is 30.3 Å². The molecule has 0 aliphatic heterocycles. The van der Waals surface area contributed by atoms with Crippen molar-refractivity contribution in [3.05, 3.63) is 93.7 Å². The van der Waals surface area contributed by atoms with Crippen molar-refractivity contribution in [2.24, 2.45) is 0 Å². The number of carbonyl (C=O) groups excluding carboxylic acids is 1. The summed E-state index contributed by atoms with van der Waals surface area (Å²) in [6, 6.07) is 22.9. The first-order valence-corrected chi connectivity index (χ1v) is 9.32. The van der Waals surface area contributed by atoms with Crippen molar-refractivity contribution < 1.29 is 4.79 Å². The van der Waals surface area contributed by atoms with Crippen molar-refractivity contribution in [1.82, 2.24) is 9.66 Å². The van der Waals surface area contributed by atoms with E-state index >= 15 is 0 Å². The summed E-state index contributed by atoms with van der Waals surface area (Å²) in [4.78, 5) is 30.1. The van der Waals surface area contributed by atoms with E-state index in [9.17, 15) is 9.59 Å². The molecule has 0 atom stereocenters. The number of hydrogen-bond acceptors (Lipinski definition) is 3. The number of amides is 2. The predicted molar refractivity (Wildman–Crippen MR) is 114 cm³/mol. The lowest BCUT2D eigenvalue weighted by atomic mass is 10.2. The molecule has 2 N–H and O–H groups in total. The Balaban J connectivity index is 1.76. The van der Waals surface area contributed by atoms with Gasteiger partial charge in [-0.25, -0.2) is 15.2 Å². The van der Waals surface area contributed by atoms with Crippen molar-refractivity contribution in [3.63, 3.8) is 0 Å². The quantitative estimate of drug-likeness (QED) is 0.494. The Morgan fingerprint density at radius 3 is 2.32 bits per heavy atom. The summed E-state index contributed by atoms with van der Waals surface area (Å²) in [5, 5.41) is 3.14. The summed E-state index contributed by atoms with van der Waals surface area (Å²) in [6.07, 6.45) is 0. The summed E-state index contributed by atoms with van der Waals surface area (Å²) < 4.78 is 2.08. The summed E-state index contributed by atoms with van der Waals surface area (Å²) in [5.41, 5.74) is 4.15. The minimum atomic E-state index is -0.543. The zero-order valence-electron chi connectivity index (χ0n) is 14.6. The molecule has 0 aliphatic carbocycles. The fourth-order valence-corrected chi connectivity index (χ4v) is 3.08. The number of anilines is 1. The van der Waals surface area contributed by atoms with Gasteiger partial charge in [0.1, 0.15) is 0 Å². The van der Waals surface area contributed by atoms with Gasteiger partial charge in [-0.3, -0.25) is 4.79 Å². The average Bonchev–Trinajstić information content (AvgIpc) is 2.72. The molecule has 138 valence electrons. The maximum absolute atomic E-state index is 13.0. The molecule has 0 bridgehead atoms. The number of benzene rings is 3. The second kappa shape index (κ2) is 7.66. The van der Waals surface area contributed by atoms with E-state index in [-0.39, 0.29) is 5.56 Å². The van der Waals surface area contributed by atoms with E-state index in [1.165, 1.54) is 4.68 Å². The van der Waals surface area contributed by atoms with Crippen LogP contribution in [0.15, 0.2) is 88.1 Å². The van der Waals surface area contributed by atoms with Gasteiger partial charge in [0.15, 0.2) is 5.82 Å².